The minimum Gasteiger partial charge on any atom is -0.465 e. The molecular formula is C20H20N2O7S. The van der Waals surface area contributed by atoms with Crippen molar-refractivity contribution < 1.29 is 33.4 Å². The van der Waals surface area contributed by atoms with Crippen LogP contribution in [-0.2, 0) is 19.1 Å². The number of methoxy groups -OCH3 is 2. The van der Waals surface area contributed by atoms with Crippen LogP contribution >= 0.6 is 11.3 Å². The van der Waals surface area contributed by atoms with E-state index < -0.39 is 23.8 Å². The van der Waals surface area contributed by atoms with E-state index >= 15 is 0 Å². The van der Waals surface area contributed by atoms with E-state index in [-0.39, 0.29) is 28.5 Å². The van der Waals surface area contributed by atoms with Crippen molar-refractivity contribution in [2.24, 2.45) is 0 Å². The third-order valence-corrected chi connectivity index (χ3v) is 5.68. The van der Waals surface area contributed by atoms with Gasteiger partial charge in [0.1, 0.15) is 16.4 Å². The molecule has 1 aliphatic heterocycles. The predicted octanol–water partition coefficient (Wildman–Crippen LogP) is 2.30. The van der Waals surface area contributed by atoms with Crippen LogP contribution in [0.2, 0.25) is 0 Å². The fourth-order valence-corrected chi connectivity index (χ4v) is 4.21. The van der Waals surface area contributed by atoms with E-state index in [1.54, 1.807) is 24.0 Å². The Labute approximate surface area is 176 Å². The maximum absolute atomic E-state index is 12.7. The lowest BCUT2D eigenvalue weighted by Gasteiger charge is -2.29. The molecule has 3 rings (SSSR count). The van der Waals surface area contributed by atoms with Gasteiger partial charge in [-0.3, -0.25) is 4.79 Å². The van der Waals surface area contributed by atoms with Gasteiger partial charge in [-0.25, -0.2) is 14.4 Å². The van der Waals surface area contributed by atoms with Gasteiger partial charge >= 0.3 is 17.9 Å². The van der Waals surface area contributed by atoms with E-state index in [1.807, 2.05) is 13.0 Å². The maximum Gasteiger partial charge on any atom is 0.348 e. The number of ether oxygens (including phenoxy) is 3. The summed E-state index contributed by atoms with van der Waals surface area (Å²) in [6.45, 7) is 3.19. The van der Waals surface area contributed by atoms with Crippen molar-refractivity contribution in [3.8, 4) is 5.75 Å². The largest absolute Gasteiger partial charge is 0.465 e. The first-order valence-electron chi connectivity index (χ1n) is 8.91. The van der Waals surface area contributed by atoms with Crippen LogP contribution in [0.3, 0.4) is 0 Å². The number of nitrogens with one attached hydrogen (secondary N) is 1. The van der Waals surface area contributed by atoms with Crippen LogP contribution < -0.4 is 15.0 Å². The highest BCUT2D eigenvalue weighted by Crippen LogP contribution is 2.35. The average Bonchev–Trinajstić information content (AvgIpc) is 3.01. The zero-order valence-corrected chi connectivity index (χ0v) is 17.7. The van der Waals surface area contributed by atoms with Crippen molar-refractivity contribution in [1.29, 1.82) is 0 Å². The van der Waals surface area contributed by atoms with E-state index in [0.29, 0.717) is 17.0 Å². The van der Waals surface area contributed by atoms with Crippen LogP contribution in [0, 0.1) is 13.8 Å². The molecule has 9 nitrogen and oxygen atoms in total. The second-order valence-electron chi connectivity index (χ2n) is 6.59. The highest BCUT2D eigenvalue weighted by atomic mass is 32.1. The van der Waals surface area contributed by atoms with Gasteiger partial charge in [0.2, 0.25) is 5.91 Å². The number of carbonyl (C=O) groups is 4. The molecular weight excluding hydrogens is 412 g/mol. The molecule has 1 aliphatic rings. The first kappa shape index (κ1) is 21.3. The van der Waals surface area contributed by atoms with Gasteiger partial charge in [-0.1, -0.05) is 6.07 Å². The molecule has 2 aromatic rings. The van der Waals surface area contributed by atoms with Crippen molar-refractivity contribution in [3.63, 3.8) is 0 Å². The normalized spacial score (nSPS) is 12.7. The zero-order chi connectivity index (χ0) is 22.0. The average molecular weight is 432 g/mol. The molecule has 0 spiro atoms. The van der Waals surface area contributed by atoms with Gasteiger partial charge in [-0.15, -0.1) is 11.3 Å². The number of carbonyl (C=O) groups excluding carboxylic acids is 4. The second kappa shape index (κ2) is 8.54. The number of aryl methyl sites for hydroxylation is 1. The molecule has 0 radical (unpaired) electrons. The van der Waals surface area contributed by atoms with Crippen molar-refractivity contribution >= 4 is 45.8 Å². The third kappa shape index (κ3) is 4.13. The summed E-state index contributed by atoms with van der Waals surface area (Å²) < 4.78 is 14.8. The van der Waals surface area contributed by atoms with Gasteiger partial charge in [0.25, 0.3) is 0 Å². The Balaban J connectivity index is 1.86. The van der Waals surface area contributed by atoms with E-state index in [1.165, 1.54) is 14.2 Å². The Kier molecular flexibility index (Phi) is 6.06. The fraction of sp³-hybridized carbons (Fsp3) is 0.300. The summed E-state index contributed by atoms with van der Waals surface area (Å²) in [6, 6.07) is 5.34. The first-order valence-corrected chi connectivity index (χ1v) is 9.73. The molecule has 2 heterocycles. The number of amides is 1. The summed E-state index contributed by atoms with van der Waals surface area (Å²) in [5, 5.41) is 2.82. The Morgan fingerprint density at radius 2 is 1.87 bits per heavy atom. The monoisotopic (exact) mass is 432 g/mol. The molecule has 1 N–H and O–H groups in total. The summed E-state index contributed by atoms with van der Waals surface area (Å²) in [4.78, 5) is 50.6. The number of nitrogens with zero attached hydrogens (tertiary/aromatic N) is 1. The van der Waals surface area contributed by atoms with Gasteiger partial charge in [-0.05, 0) is 37.1 Å². The SMILES string of the molecule is COC(=O)c1sc(NC(=O)CN2CC(=O)Oc3cc(C)ccc32)c(C(=O)OC)c1C. The fourth-order valence-electron chi connectivity index (χ4n) is 3.08. The Morgan fingerprint density at radius 3 is 2.53 bits per heavy atom. The third-order valence-electron chi connectivity index (χ3n) is 4.49. The van der Waals surface area contributed by atoms with Gasteiger partial charge < -0.3 is 24.4 Å². The lowest BCUT2D eigenvalue weighted by molar-refractivity contribution is -0.133. The second-order valence-corrected chi connectivity index (χ2v) is 7.61. The number of thiophene rings is 1. The van der Waals surface area contributed by atoms with Crippen molar-refractivity contribution in [2.45, 2.75) is 13.8 Å². The Hall–Kier alpha value is -3.40. The van der Waals surface area contributed by atoms with Crippen LogP contribution in [0.1, 0.15) is 31.2 Å². The molecule has 0 atom stereocenters. The topological polar surface area (TPSA) is 111 Å². The number of fused-ring (bicyclic) bond motifs is 1. The zero-order valence-electron chi connectivity index (χ0n) is 16.9. The Bertz CT molecular complexity index is 1040. The minimum atomic E-state index is -0.684. The molecule has 0 saturated carbocycles. The Morgan fingerprint density at radius 1 is 1.17 bits per heavy atom. The predicted molar refractivity (Wildman–Crippen MR) is 109 cm³/mol. The number of anilines is 2. The summed E-state index contributed by atoms with van der Waals surface area (Å²) in [6.07, 6.45) is 0. The van der Waals surface area contributed by atoms with Gasteiger partial charge in [0.15, 0.2) is 5.75 Å². The van der Waals surface area contributed by atoms with Gasteiger partial charge in [-0.2, -0.15) is 0 Å². The van der Waals surface area contributed by atoms with E-state index in [9.17, 15) is 19.2 Å². The number of hydrogen-bond acceptors (Lipinski definition) is 9. The van der Waals surface area contributed by atoms with Crippen molar-refractivity contribution in [2.75, 3.05) is 37.5 Å². The molecule has 0 bridgehead atoms. The van der Waals surface area contributed by atoms with E-state index in [4.69, 9.17) is 14.2 Å². The maximum atomic E-state index is 12.7. The van der Waals surface area contributed by atoms with Crippen LogP contribution in [0.4, 0.5) is 10.7 Å². The molecule has 0 unspecified atom stereocenters. The number of esters is 3. The van der Waals surface area contributed by atoms with Crippen molar-refractivity contribution in [3.05, 3.63) is 39.8 Å². The molecule has 10 heteroatoms. The molecule has 1 aromatic heterocycles. The van der Waals surface area contributed by atoms with Gasteiger partial charge in [0, 0.05) is 0 Å². The molecule has 0 aliphatic carbocycles. The number of hydrogen-bond donors (Lipinski definition) is 1. The summed E-state index contributed by atoms with van der Waals surface area (Å²) in [5.41, 5.74) is 1.97. The van der Waals surface area contributed by atoms with E-state index in [2.05, 4.69) is 5.32 Å². The number of benzene rings is 1. The molecule has 1 amide bonds. The van der Waals surface area contributed by atoms with Gasteiger partial charge in [0.05, 0.1) is 32.0 Å². The van der Waals surface area contributed by atoms with Crippen LogP contribution in [-0.4, -0.2) is 51.1 Å². The standard InChI is InChI=1S/C20H20N2O7S/c1-10-5-6-12-13(7-10)29-15(24)9-22(12)8-14(23)21-18-16(19(25)27-3)11(2)17(30-18)20(26)28-4/h5-7H,8-9H2,1-4H3,(H,21,23). The summed E-state index contributed by atoms with van der Waals surface area (Å²) in [7, 11) is 2.44. The first-order chi connectivity index (χ1) is 14.2. The smallest absolute Gasteiger partial charge is 0.348 e. The highest BCUT2D eigenvalue weighted by Gasteiger charge is 2.29. The number of rotatable bonds is 5. The van der Waals surface area contributed by atoms with Crippen LogP contribution in [0.15, 0.2) is 18.2 Å². The minimum absolute atomic E-state index is 0.0883. The molecule has 30 heavy (non-hydrogen) atoms. The molecule has 1 aromatic carbocycles. The molecule has 158 valence electrons. The lowest BCUT2D eigenvalue weighted by atomic mass is 10.1. The van der Waals surface area contributed by atoms with E-state index in [0.717, 1.165) is 16.9 Å². The van der Waals surface area contributed by atoms with Crippen LogP contribution in [0.5, 0.6) is 5.75 Å². The summed E-state index contributed by atoms with van der Waals surface area (Å²) >= 11 is 0.924. The lowest BCUT2D eigenvalue weighted by Crippen LogP contribution is -2.41. The highest BCUT2D eigenvalue weighted by molar-refractivity contribution is 7.18. The quantitative estimate of drug-likeness (QED) is 0.566. The molecule has 0 fully saturated rings. The molecule has 0 saturated heterocycles. The van der Waals surface area contributed by atoms with Crippen molar-refractivity contribution in [1.82, 2.24) is 0 Å². The van der Waals surface area contributed by atoms with Crippen LogP contribution in [0.25, 0.3) is 0 Å². The summed E-state index contributed by atoms with van der Waals surface area (Å²) in [5.74, 6) is -1.87.